The molecule has 0 bridgehead atoms. The first-order valence-corrected chi connectivity index (χ1v) is 10.3. The molecule has 1 saturated heterocycles. The van der Waals surface area contributed by atoms with Gasteiger partial charge in [0, 0.05) is 36.7 Å². The Hall–Kier alpha value is -3.11. The van der Waals surface area contributed by atoms with Crippen LogP contribution in [0.15, 0.2) is 72.9 Å². The van der Waals surface area contributed by atoms with Crippen LogP contribution in [-0.2, 0) is 17.6 Å². The number of amides is 1. The number of fused-ring (bicyclic) bond motifs is 2. The molecule has 5 rings (SSSR count). The van der Waals surface area contributed by atoms with Gasteiger partial charge in [0.05, 0.1) is 6.04 Å². The average molecular weight is 383 g/mol. The Labute approximate surface area is 170 Å². The highest BCUT2D eigenvalue weighted by Crippen LogP contribution is 2.22. The number of hydrogen-bond acceptors (Lipinski definition) is 2. The summed E-state index contributed by atoms with van der Waals surface area (Å²) in [5.74, 6) is 0.210. The van der Waals surface area contributed by atoms with Gasteiger partial charge in [-0.05, 0) is 40.8 Å². The van der Waals surface area contributed by atoms with Crippen molar-refractivity contribution in [2.24, 2.45) is 0 Å². The zero-order valence-corrected chi connectivity index (χ0v) is 16.4. The molecule has 1 aliphatic rings. The fourth-order valence-corrected chi connectivity index (χ4v) is 4.46. The van der Waals surface area contributed by atoms with E-state index in [1.165, 1.54) is 27.3 Å². The summed E-state index contributed by atoms with van der Waals surface area (Å²) < 4.78 is 0. The van der Waals surface area contributed by atoms with Crippen molar-refractivity contribution in [1.29, 1.82) is 0 Å². The highest BCUT2D eigenvalue weighted by Gasteiger charge is 2.28. The Morgan fingerprint density at radius 2 is 1.69 bits per heavy atom. The van der Waals surface area contributed by atoms with Crippen LogP contribution >= 0.6 is 0 Å². The predicted molar refractivity (Wildman–Crippen MR) is 118 cm³/mol. The number of hydrogen-bond donors (Lipinski definition) is 2. The van der Waals surface area contributed by atoms with Gasteiger partial charge in [-0.25, -0.2) is 0 Å². The van der Waals surface area contributed by atoms with Crippen molar-refractivity contribution in [3.8, 4) is 0 Å². The maximum absolute atomic E-state index is 13.1. The molecule has 0 aliphatic carbocycles. The minimum atomic E-state index is -0.157. The lowest BCUT2D eigenvalue weighted by molar-refractivity contribution is -0.135. The smallest absolute Gasteiger partial charge is 0.240 e. The highest BCUT2D eigenvalue weighted by atomic mass is 16.2. The number of aromatic nitrogens is 1. The van der Waals surface area contributed by atoms with Crippen LogP contribution in [-0.4, -0.2) is 41.5 Å². The first-order valence-electron chi connectivity index (χ1n) is 10.3. The molecule has 1 aliphatic heterocycles. The van der Waals surface area contributed by atoms with Gasteiger partial charge in [-0.3, -0.25) is 4.79 Å². The monoisotopic (exact) mass is 383 g/mol. The summed E-state index contributed by atoms with van der Waals surface area (Å²) in [4.78, 5) is 18.5. The second-order valence-corrected chi connectivity index (χ2v) is 7.78. The molecule has 2 N–H and O–H groups in total. The third-order valence-electron chi connectivity index (χ3n) is 6.01. The summed E-state index contributed by atoms with van der Waals surface area (Å²) in [6.07, 6.45) is 3.63. The van der Waals surface area contributed by atoms with Gasteiger partial charge in [-0.1, -0.05) is 60.7 Å². The number of nitrogens with one attached hydrogen (secondary N) is 2. The van der Waals surface area contributed by atoms with E-state index in [2.05, 4.69) is 64.9 Å². The van der Waals surface area contributed by atoms with Crippen molar-refractivity contribution in [3.05, 3.63) is 84.1 Å². The minimum Gasteiger partial charge on any atom is -0.361 e. The highest BCUT2D eigenvalue weighted by molar-refractivity contribution is 5.87. The first-order chi connectivity index (χ1) is 14.3. The van der Waals surface area contributed by atoms with Crippen LogP contribution in [0.1, 0.15) is 11.1 Å². The number of carbonyl (C=O) groups excluding carboxylic acids is 1. The molecule has 3 aromatic carbocycles. The van der Waals surface area contributed by atoms with Gasteiger partial charge in [-0.15, -0.1) is 0 Å². The maximum atomic E-state index is 13.1. The minimum absolute atomic E-state index is 0.157. The van der Waals surface area contributed by atoms with Crippen LogP contribution in [0.5, 0.6) is 0 Å². The van der Waals surface area contributed by atoms with Crippen molar-refractivity contribution >= 4 is 27.6 Å². The van der Waals surface area contributed by atoms with Gasteiger partial charge in [-0.2, -0.15) is 0 Å². The summed E-state index contributed by atoms with van der Waals surface area (Å²) in [7, 11) is 0. The molecule has 4 nitrogen and oxygen atoms in total. The second-order valence-electron chi connectivity index (χ2n) is 7.78. The van der Waals surface area contributed by atoms with Crippen LogP contribution in [0.2, 0.25) is 0 Å². The molecule has 1 atom stereocenters. The number of nitrogens with zero attached hydrogens (tertiary/aromatic N) is 1. The summed E-state index contributed by atoms with van der Waals surface area (Å²) in [5, 5.41) is 7.17. The lowest BCUT2D eigenvalue weighted by Gasteiger charge is -2.33. The van der Waals surface area contributed by atoms with Crippen LogP contribution in [0.3, 0.4) is 0 Å². The average Bonchev–Trinajstić information content (AvgIpc) is 3.17. The Balaban J connectivity index is 1.29. The molecule has 0 unspecified atom stereocenters. The lowest BCUT2D eigenvalue weighted by Crippen LogP contribution is -2.56. The number of carbonyl (C=O) groups is 1. The van der Waals surface area contributed by atoms with E-state index in [0.717, 1.165) is 31.6 Å². The molecular weight excluding hydrogens is 358 g/mol. The van der Waals surface area contributed by atoms with E-state index in [4.69, 9.17) is 0 Å². The quantitative estimate of drug-likeness (QED) is 0.549. The lowest BCUT2D eigenvalue weighted by atomic mass is 10.0. The van der Waals surface area contributed by atoms with Gasteiger partial charge >= 0.3 is 0 Å². The number of para-hydroxylation sites is 1. The first kappa shape index (κ1) is 18.0. The van der Waals surface area contributed by atoms with E-state index >= 15 is 0 Å². The van der Waals surface area contributed by atoms with Crippen molar-refractivity contribution in [3.63, 3.8) is 0 Å². The number of H-pyrrole nitrogens is 1. The van der Waals surface area contributed by atoms with Gasteiger partial charge in [0.2, 0.25) is 5.91 Å². The summed E-state index contributed by atoms with van der Waals surface area (Å²) >= 11 is 0. The number of rotatable bonds is 5. The molecular formula is C25H25N3O. The SMILES string of the molecule is O=C1[C@H](Cc2c[nH]c3ccccc23)NCCN1CCc1cccc2ccccc12. The van der Waals surface area contributed by atoms with Crippen molar-refractivity contribution in [2.75, 3.05) is 19.6 Å². The molecule has 0 radical (unpaired) electrons. The number of piperazine rings is 1. The Bertz CT molecular complexity index is 1160. The Morgan fingerprint density at radius 3 is 2.62 bits per heavy atom. The van der Waals surface area contributed by atoms with Crippen molar-refractivity contribution < 1.29 is 4.79 Å². The second kappa shape index (κ2) is 7.72. The third-order valence-corrected chi connectivity index (χ3v) is 6.01. The topological polar surface area (TPSA) is 48.1 Å². The largest absolute Gasteiger partial charge is 0.361 e. The van der Waals surface area contributed by atoms with Crippen LogP contribution in [0.4, 0.5) is 0 Å². The molecule has 4 heteroatoms. The number of aromatic amines is 1. The number of benzene rings is 3. The zero-order valence-electron chi connectivity index (χ0n) is 16.4. The van der Waals surface area contributed by atoms with Crippen LogP contribution in [0.25, 0.3) is 21.7 Å². The molecule has 4 aromatic rings. The summed E-state index contributed by atoms with van der Waals surface area (Å²) in [6, 6.07) is 23.0. The standard InChI is InChI=1S/C25H25N3O/c29-25-24(16-20-17-27-23-11-4-3-10-22(20)23)26-13-15-28(25)14-12-19-8-5-7-18-6-1-2-9-21(18)19/h1-11,17,24,26-27H,12-16H2/t24-/m0/s1. The van der Waals surface area contributed by atoms with E-state index in [1.807, 2.05) is 23.2 Å². The molecule has 0 spiro atoms. The molecule has 0 saturated carbocycles. The van der Waals surface area contributed by atoms with Crippen molar-refractivity contribution in [1.82, 2.24) is 15.2 Å². The van der Waals surface area contributed by atoms with Gasteiger partial charge in [0.1, 0.15) is 0 Å². The molecule has 1 aromatic heterocycles. The normalized spacial score (nSPS) is 17.3. The molecule has 29 heavy (non-hydrogen) atoms. The molecule has 2 heterocycles. The van der Waals surface area contributed by atoms with E-state index in [-0.39, 0.29) is 11.9 Å². The van der Waals surface area contributed by atoms with E-state index in [0.29, 0.717) is 6.42 Å². The predicted octanol–water partition coefficient (Wildman–Crippen LogP) is 3.91. The van der Waals surface area contributed by atoms with Gasteiger partial charge < -0.3 is 15.2 Å². The third kappa shape index (κ3) is 3.52. The van der Waals surface area contributed by atoms with E-state index in [1.54, 1.807) is 0 Å². The molecule has 146 valence electrons. The molecule has 1 fully saturated rings. The van der Waals surface area contributed by atoms with Crippen LogP contribution in [0, 0.1) is 0 Å². The summed E-state index contributed by atoms with van der Waals surface area (Å²) in [5.41, 5.74) is 3.63. The zero-order chi connectivity index (χ0) is 19.6. The van der Waals surface area contributed by atoms with Gasteiger partial charge in [0.15, 0.2) is 0 Å². The Kier molecular flexibility index (Phi) is 4.78. The van der Waals surface area contributed by atoms with E-state index < -0.39 is 0 Å². The maximum Gasteiger partial charge on any atom is 0.240 e. The van der Waals surface area contributed by atoms with E-state index in [9.17, 15) is 4.79 Å². The Morgan fingerprint density at radius 1 is 0.897 bits per heavy atom. The van der Waals surface area contributed by atoms with Gasteiger partial charge in [0.25, 0.3) is 0 Å². The van der Waals surface area contributed by atoms with Crippen LogP contribution < -0.4 is 5.32 Å². The van der Waals surface area contributed by atoms with Crippen molar-refractivity contribution in [2.45, 2.75) is 18.9 Å². The summed E-state index contributed by atoms with van der Waals surface area (Å²) in [6.45, 7) is 2.38. The molecule has 1 amide bonds. The fourth-order valence-electron chi connectivity index (χ4n) is 4.46. The fraction of sp³-hybridized carbons (Fsp3) is 0.240.